The van der Waals surface area contributed by atoms with Crippen molar-refractivity contribution in [3.63, 3.8) is 0 Å². The molecule has 1 N–H and O–H groups in total. The number of rotatable bonds is 2. The van der Waals surface area contributed by atoms with Crippen molar-refractivity contribution in [3.05, 3.63) is 15.5 Å². The summed E-state index contributed by atoms with van der Waals surface area (Å²) in [6.07, 6.45) is 1.46. The molecule has 0 saturated carbocycles. The SMILES string of the molecule is CC(C(=O)O)c1ncc(Cl)s1. The van der Waals surface area contributed by atoms with Crippen molar-refractivity contribution in [2.75, 3.05) is 0 Å². The Morgan fingerprint density at radius 1 is 1.91 bits per heavy atom. The van der Waals surface area contributed by atoms with Crippen LogP contribution in [0.5, 0.6) is 0 Å². The van der Waals surface area contributed by atoms with Gasteiger partial charge in [0, 0.05) is 0 Å². The minimum Gasteiger partial charge on any atom is -0.481 e. The summed E-state index contributed by atoms with van der Waals surface area (Å²) in [5.41, 5.74) is 0. The molecule has 0 fully saturated rings. The molecule has 60 valence electrons. The smallest absolute Gasteiger partial charge is 0.313 e. The average molecular weight is 192 g/mol. The van der Waals surface area contributed by atoms with E-state index < -0.39 is 11.9 Å². The zero-order chi connectivity index (χ0) is 8.43. The van der Waals surface area contributed by atoms with E-state index >= 15 is 0 Å². The van der Waals surface area contributed by atoms with E-state index in [-0.39, 0.29) is 0 Å². The predicted molar refractivity (Wildman–Crippen MR) is 43.2 cm³/mol. The monoisotopic (exact) mass is 191 g/mol. The molecule has 5 heteroatoms. The predicted octanol–water partition coefficient (Wildman–Crippen LogP) is 1.98. The number of carboxylic acids is 1. The van der Waals surface area contributed by atoms with Gasteiger partial charge in [-0.15, -0.1) is 11.3 Å². The van der Waals surface area contributed by atoms with Gasteiger partial charge < -0.3 is 5.11 Å². The number of halogens is 1. The van der Waals surface area contributed by atoms with E-state index in [1.807, 2.05) is 0 Å². The van der Waals surface area contributed by atoms with Crippen LogP contribution in [-0.4, -0.2) is 16.1 Å². The van der Waals surface area contributed by atoms with Gasteiger partial charge in [-0.2, -0.15) is 0 Å². The maximum Gasteiger partial charge on any atom is 0.313 e. The lowest BCUT2D eigenvalue weighted by Gasteiger charge is -1.98. The van der Waals surface area contributed by atoms with E-state index in [4.69, 9.17) is 16.7 Å². The second-order valence-corrected chi connectivity index (χ2v) is 3.76. The van der Waals surface area contributed by atoms with Gasteiger partial charge >= 0.3 is 5.97 Å². The highest BCUT2D eigenvalue weighted by Crippen LogP contribution is 2.24. The Morgan fingerprint density at radius 2 is 2.55 bits per heavy atom. The van der Waals surface area contributed by atoms with Gasteiger partial charge in [0.1, 0.15) is 15.3 Å². The van der Waals surface area contributed by atoms with Crippen LogP contribution in [0.25, 0.3) is 0 Å². The van der Waals surface area contributed by atoms with Crippen molar-refractivity contribution in [1.82, 2.24) is 4.98 Å². The molecule has 1 rings (SSSR count). The highest BCUT2D eigenvalue weighted by atomic mass is 35.5. The summed E-state index contributed by atoms with van der Waals surface area (Å²) in [6.45, 7) is 1.58. The molecular weight excluding hydrogens is 186 g/mol. The van der Waals surface area contributed by atoms with Crippen LogP contribution in [0.15, 0.2) is 6.20 Å². The van der Waals surface area contributed by atoms with E-state index in [1.165, 1.54) is 17.5 Å². The molecule has 0 bridgehead atoms. The zero-order valence-electron chi connectivity index (χ0n) is 5.74. The van der Waals surface area contributed by atoms with Gasteiger partial charge in [-0.1, -0.05) is 11.6 Å². The second-order valence-electron chi connectivity index (χ2n) is 2.06. The molecule has 0 saturated heterocycles. The molecular formula is C6H6ClNO2S. The number of nitrogens with zero attached hydrogens (tertiary/aromatic N) is 1. The minimum absolute atomic E-state index is 0.521. The molecule has 11 heavy (non-hydrogen) atoms. The van der Waals surface area contributed by atoms with Crippen LogP contribution in [-0.2, 0) is 4.79 Å². The lowest BCUT2D eigenvalue weighted by Crippen LogP contribution is -2.06. The van der Waals surface area contributed by atoms with E-state index in [9.17, 15) is 4.79 Å². The van der Waals surface area contributed by atoms with Gasteiger partial charge in [0.05, 0.1) is 6.20 Å². The van der Waals surface area contributed by atoms with Crippen molar-refractivity contribution < 1.29 is 9.90 Å². The quantitative estimate of drug-likeness (QED) is 0.778. The Labute approximate surface area is 72.6 Å². The maximum atomic E-state index is 10.4. The summed E-state index contributed by atoms with van der Waals surface area (Å²) in [5, 5.41) is 9.11. The van der Waals surface area contributed by atoms with E-state index in [0.717, 1.165) is 0 Å². The summed E-state index contributed by atoms with van der Waals surface area (Å²) >= 11 is 6.77. The molecule has 0 spiro atoms. The van der Waals surface area contributed by atoms with Gasteiger partial charge in [-0.3, -0.25) is 4.79 Å². The molecule has 0 aliphatic rings. The number of hydrogen-bond acceptors (Lipinski definition) is 3. The highest BCUT2D eigenvalue weighted by Gasteiger charge is 2.16. The van der Waals surface area contributed by atoms with Crippen LogP contribution >= 0.6 is 22.9 Å². The molecule has 1 unspecified atom stereocenters. The number of carbonyl (C=O) groups is 1. The van der Waals surface area contributed by atoms with Crippen molar-refractivity contribution in [2.45, 2.75) is 12.8 Å². The number of hydrogen-bond donors (Lipinski definition) is 1. The van der Waals surface area contributed by atoms with Gasteiger partial charge in [0.15, 0.2) is 0 Å². The largest absolute Gasteiger partial charge is 0.481 e. The molecule has 0 aliphatic heterocycles. The van der Waals surface area contributed by atoms with Gasteiger partial charge in [0.25, 0.3) is 0 Å². The molecule has 0 radical (unpaired) electrons. The Kier molecular flexibility index (Phi) is 2.46. The third-order valence-corrected chi connectivity index (χ3v) is 2.53. The van der Waals surface area contributed by atoms with E-state index in [1.54, 1.807) is 6.92 Å². The van der Waals surface area contributed by atoms with E-state index in [2.05, 4.69) is 4.98 Å². The van der Waals surface area contributed by atoms with Crippen LogP contribution in [0.4, 0.5) is 0 Å². The number of carboxylic acid groups (broad SMARTS) is 1. The first-order valence-electron chi connectivity index (χ1n) is 2.95. The van der Waals surface area contributed by atoms with Crippen LogP contribution < -0.4 is 0 Å². The van der Waals surface area contributed by atoms with Crippen LogP contribution in [0.1, 0.15) is 17.8 Å². The van der Waals surface area contributed by atoms with Gasteiger partial charge in [0.2, 0.25) is 0 Å². The van der Waals surface area contributed by atoms with Crippen LogP contribution in [0.3, 0.4) is 0 Å². The summed E-state index contributed by atoms with van der Waals surface area (Å²) in [4.78, 5) is 14.3. The third-order valence-electron chi connectivity index (χ3n) is 1.24. The fraction of sp³-hybridized carbons (Fsp3) is 0.333. The molecule has 3 nitrogen and oxygen atoms in total. The third kappa shape index (κ3) is 1.91. The maximum absolute atomic E-state index is 10.4. The van der Waals surface area contributed by atoms with Gasteiger partial charge in [-0.05, 0) is 6.92 Å². The summed E-state index contributed by atoms with van der Waals surface area (Å²) in [7, 11) is 0. The van der Waals surface area contributed by atoms with Crippen molar-refractivity contribution >= 4 is 28.9 Å². The fourth-order valence-electron chi connectivity index (χ4n) is 0.573. The first-order valence-corrected chi connectivity index (χ1v) is 4.14. The molecule has 0 amide bonds. The first kappa shape index (κ1) is 8.49. The molecule has 1 heterocycles. The Balaban J connectivity index is 2.84. The van der Waals surface area contributed by atoms with Crippen LogP contribution in [0, 0.1) is 0 Å². The summed E-state index contributed by atoms with van der Waals surface area (Å²) < 4.78 is 0.521. The molecule has 0 aliphatic carbocycles. The zero-order valence-corrected chi connectivity index (χ0v) is 7.32. The normalized spacial score (nSPS) is 12.9. The number of aliphatic carboxylic acids is 1. The number of thiazole rings is 1. The second kappa shape index (κ2) is 3.19. The Hall–Kier alpha value is -0.610. The Morgan fingerprint density at radius 3 is 2.91 bits per heavy atom. The van der Waals surface area contributed by atoms with Crippen molar-refractivity contribution in [2.24, 2.45) is 0 Å². The lowest BCUT2D eigenvalue weighted by atomic mass is 10.2. The minimum atomic E-state index is -0.879. The number of aromatic nitrogens is 1. The average Bonchev–Trinajstić information content (AvgIpc) is 2.34. The molecule has 0 aromatic carbocycles. The standard InChI is InChI=1S/C6H6ClNO2S/c1-3(6(9)10)5-8-2-4(7)11-5/h2-3H,1H3,(H,9,10). The first-order chi connectivity index (χ1) is 5.11. The molecule has 1 aromatic heterocycles. The summed E-state index contributed by atoms with van der Waals surface area (Å²) in [6, 6.07) is 0. The van der Waals surface area contributed by atoms with Crippen LogP contribution in [0.2, 0.25) is 4.34 Å². The topological polar surface area (TPSA) is 50.2 Å². The highest BCUT2D eigenvalue weighted by molar-refractivity contribution is 7.16. The molecule has 1 aromatic rings. The lowest BCUT2D eigenvalue weighted by molar-refractivity contribution is -0.138. The molecule has 1 atom stereocenters. The Bertz CT molecular complexity index is 273. The van der Waals surface area contributed by atoms with Crippen molar-refractivity contribution in [3.8, 4) is 0 Å². The fourth-order valence-corrected chi connectivity index (χ4v) is 1.55. The van der Waals surface area contributed by atoms with Gasteiger partial charge in [-0.25, -0.2) is 4.98 Å². The van der Waals surface area contributed by atoms with E-state index in [0.29, 0.717) is 9.34 Å². The van der Waals surface area contributed by atoms with Crippen molar-refractivity contribution in [1.29, 1.82) is 0 Å². The summed E-state index contributed by atoms with van der Waals surface area (Å²) in [5.74, 6) is -1.44.